The first-order valence-corrected chi connectivity index (χ1v) is 7.90. The van der Waals surface area contributed by atoms with E-state index in [1.807, 2.05) is 35.5 Å². The average molecular weight is 276 g/mol. The molecule has 0 fully saturated rings. The molecule has 0 saturated carbocycles. The molecule has 0 radical (unpaired) electrons. The standard InChI is InChI=1S/C14H16N2S2/c1-9-5-11(8-15-7-9)16-13-6-10(2)18-14-12(13)3-4-17-14/h3-5,7-8,10,13,16H,6H2,1-2H3/t10-,13?/m0/s1. The minimum absolute atomic E-state index is 0.422. The lowest BCUT2D eigenvalue weighted by Crippen LogP contribution is -2.19. The fourth-order valence-electron chi connectivity index (χ4n) is 2.32. The van der Waals surface area contributed by atoms with Crippen molar-refractivity contribution >= 4 is 28.8 Å². The van der Waals surface area contributed by atoms with Crippen LogP contribution in [-0.4, -0.2) is 10.2 Å². The summed E-state index contributed by atoms with van der Waals surface area (Å²) in [5, 5.41) is 6.49. The van der Waals surface area contributed by atoms with E-state index < -0.39 is 0 Å². The third-order valence-corrected chi connectivity index (χ3v) is 5.47. The van der Waals surface area contributed by atoms with Gasteiger partial charge in [0.2, 0.25) is 0 Å². The number of hydrogen-bond donors (Lipinski definition) is 1. The Labute approximate surface area is 116 Å². The van der Waals surface area contributed by atoms with E-state index in [0.717, 1.165) is 5.69 Å². The molecule has 0 aromatic carbocycles. The minimum atomic E-state index is 0.422. The number of anilines is 1. The third-order valence-electron chi connectivity index (χ3n) is 3.13. The third kappa shape index (κ3) is 2.40. The summed E-state index contributed by atoms with van der Waals surface area (Å²) in [5.41, 5.74) is 3.77. The summed E-state index contributed by atoms with van der Waals surface area (Å²) in [7, 11) is 0. The van der Waals surface area contributed by atoms with Crippen LogP contribution in [0.3, 0.4) is 0 Å². The van der Waals surface area contributed by atoms with Crippen LogP contribution in [0.1, 0.15) is 30.5 Å². The zero-order valence-electron chi connectivity index (χ0n) is 10.5. The molecule has 2 nitrogen and oxygen atoms in total. The van der Waals surface area contributed by atoms with Gasteiger partial charge in [-0.25, -0.2) is 0 Å². The zero-order chi connectivity index (χ0) is 12.5. The van der Waals surface area contributed by atoms with Gasteiger partial charge in [-0.05, 0) is 42.0 Å². The van der Waals surface area contributed by atoms with Crippen molar-refractivity contribution in [2.75, 3.05) is 5.32 Å². The maximum Gasteiger partial charge on any atom is 0.0653 e. The van der Waals surface area contributed by atoms with Gasteiger partial charge in [0.05, 0.1) is 15.9 Å². The molecule has 0 amide bonds. The maximum absolute atomic E-state index is 4.25. The molecule has 0 saturated heterocycles. The highest BCUT2D eigenvalue weighted by molar-refractivity contribution is 8.01. The van der Waals surface area contributed by atoms with Crippen LogP contribution in [0.2, 0.25) is 0 Å². The lowest BCUT2D eigenvalue weighted by molar-refractivity contribution is 0.669. The van der Waals surface area contributed by atoms with Crippen molar-refractivity contribution < 1.29 is 0 Å². The highest BCUT2D eigenvalue weighted by Crippen LogP contribution is 2.44. The molecule has 18 heavy (non-hydrogen) atoms. The number of pyridine rings is 1. The predicted molar refractivity (Wildman–Crippen MR) is 79.6 cm³/mol. The Hall–Kier alpha value is -1.00. The first-order valence-electron chi connectivity index (χ1n) is 6.14. The molecule has 1 unspecified atom stereocenters. The Balaban J connectivity index is 1.86. The second kappa shape index (κ2) is 4.94. The van der Waals surface area contributed by atoms with E-state index in [9.17, 15) is 0 Å². The second-order valence-corrected chi connectivity index (χ2v) is 7.40. The van der Waals surface area contributed by atoms with Gasteiger partial charge in [0.1, 0.15) is 0 Å². The number of thiophene rings is 1. The average Bonchev–Trinajstić information content (AvgIpc) is 2.77. The van der Waals surface area contributed by atoms with E-state index in [4.69, 9.17) is 0 Å². The summed E-state index contributed by atoms with van der Waals surface area (Å²) in [5.74, 6) is 0. The van der Waals surface area contributed by atoms with Crippen molar-refractivity contribution in [3.63, 3.8) is 0 Å². The van der Waals surface area contributed by atoms with Crippen molar-refractivity contribution in [1.82, 2.24) is 4.98 Å². The van der Waals surface area contributed by atoms with E-state index >= 15 is 0 Å². The lowest BCUT2D eigenvalue weighted by atomic mass is 10.0. The molecule has 1 aliphatic rings. The molecule has 0 spiro atoms. The maximum atomic E-state index is 4.25. The lowest BCUT2D eigenvalue weighted by Gasteiger charge is -2.28. The second-order valence-electron chi connectivity index (χ2n) is 4.78. The SMILES string of the molecule is Cc1cncc(NC2C[C@H](C)Sc3sccc32)c1. The fourth-order valence-corrected chi connectivity index (χ4v) is 4.89. The van der Waals surface area contributed by atoms with Crippen molar-refractivity contribution in [3.8, 4) is 0 Å². The molecule has 1 N–H and O–H groups in total. The number of nitrogens with one attached hydrogen (secondary N) is 1. The Morgan fingerprint density at radius 2 is 2.28 bits per heavy atom. The van der Waals surface area contributed by atoms with Crippen LogP contribution in [0.15, 0.2) is 34.1 Å². The van der Waals surface area contributed by atoms with Crippen LogP contribution >= 0.6 is 23.1 Å². The Morgan fingerprint density at radius 1 is 1.39 bits per heavy atom. The van der Waals surface area contributed by atoms with Crippen molar-refractivity contribution in [3.05, 3.63) is 41.0 Å². The summed E-state index contributed by atoms with van der Waals surface area (Å²) in [6.45, 7) is 4.38. The van der Waals surface area contributed by atoms with Gasteiger partial charge in [-0.1, -0.05) is 6.92 Å². The van der Waals surface area contributed by atoms with Crippen LogP contribution in [0, 0.1) is 6.92 Å². The smallest absolute Gasteiger partial charge is 0.0653 e. The molecular weight excluding hydrogens is 260 g/mol. The van der Waals surface area contributed by atoms with Gasteiger partial charge in [-0.2, -0.15) is 0 Å². The van der Waals surface area contributed by atoms with Gasteiger partial charge in [0, 0.05) is 17.6 Å². The van der Waals surface area contributed by atoms with E-state index in [1.165, 1.54) is 21.8 Å². The number of aromatic nitrogens is 1. The topological polar surface area (TPSA) is 24.9 Å². The first kappa shape index (κ1) is 12.1. The van der Waals surface area contributed by atoms with Gasteiger partial charge >= 0.3 is 0 Å². The first-order chi connectivity index (χ1) is 8.72. The summed E-state index contributed by atoms with van der Waals surface area (Å²) in [6, 6.07) is 4.83. The molecule has 4 heteroatoms. The van der Waals surface area contributed by atoms with Gasteiger partial charge < -0.3 is 5.32 Å². The normalized spacial score (nSPS) is 22.6. The predicted octanol–water partition coefficient (Wildman–Crippen LogP) is 4.49. The Morgan fingerprint density at radius 3 is 3.11 bits per heavy atom. The summed E-state index contributed by atoms with van der Waals surface area (Å²) < 4.78 is 1.46. The van der Waals surface area contributed by atoms with Crippen molar-refractivity contribution in [2.24, 2.45) is 0 Å². The van der Waals surface area contributed by atoms with E-state index in [2.05, 4.69) is 41.7 Å². The van der Waals surface area contributed by atoms with Gasteiger partial charge in [-0.15, -0.1) is 23.1 Å². The minimum Gasteiger partial charge on any atom is -0.377 e. The van der Waals surface area contributed by atoms with E-state index in [-0.39, 0.29) is 0 Å². The van der Waals surface area contributed by atoms with Crippen LogP contribution in [0.25, 0.3) is 0 Å². The highest BCUT2D eigenvalue weighted by atomic mass is 32.2. The van der Waals surface area contributed by atoms with Crippen LogP contribution in [0.5, 0.6) is 0 Å². The number of thioether (sulfide) groups is 1. The molecule has 0 bridgehead atoms. The zero-order valence-corrected chi connectivity index (χ0v) is 12.1. The molecular formula is C14H16N2S2. The monoisotopic (exact) mass is 276 g/mol. The molecule has 2 aromatic heterocycles. The largest absolute Gasteiger partial charge is 0.377 e. The highest BCUT2D eigenvalue weighted by Gasteiger charge is 2.26. The number of rotatable bonds is 2. The van der Waals surface area contributed by atoms with E-state index in [1.54, 1.807) is 0 Å². The number of aryl methyl sites for hydroxylation is 1. The summed E-state index contributed by atoms with van der Waals surface area (Å²) >= 11 is 3.85. The van der Waals surface area contributed by atoms with Crippen LogP contribution in [-0.2, 0) is 0 Å². The Kier molecular flexibility index (Phi) is 3.31. The van der Waals surface area contributed by atoms with E-state index in [0.29, 0.717) is 11.3 Å². The Bertz CT molecular complexity index is 550. The van der Waals surface area contributed by atoms with Gasteiger partial charge in [0.15, 0.2) is 0 Å². The quantitative estimate of drug-likeness (QED) is 0.875. The van der Waals surface area contributed by atoms with Crippen molar-refractivity contribution in [1.29, 1.82) is 0 Å². The number of fused-ring (bicyclic) bond motifs is 1. The number of hydrogen-bond acceptors (Lipinski definition) is 4. The molecule has 3 rings (SSSR count). The van der Waals surface area contributed by atoms with Gasteiger partial charge in [0.25, 0.3) is 0 Å². The molecule has 0 aliphatic carbocycles. The van der Waals surface area contributed by atoms with Crippen LogP contribution in [0.4, 0.5) is 5.69 Å². The van der Waals surface area contributed by atoms with Gasteiger partial charge in [-0.3, -0.25) is 4.98 Å². The molecule has 94 valence electrons. The molecule has 2 aromatic rings. The molecule has 1 aliphatic heterocycles. The van der Waals surface area contributed by atoms with Crippen molar-refractivity contribution in [2.45, 2.75) is 35.8 Å². The summed E-state index contributed by atoms with van der Waals surface area (Å²) in [4.78, 5) is 4.25. The van der Waals surface area contributed by atoms with Crippen LogP contribution < -0.4 is 5.32 Å². The number of nitrogens with zero attached hydrogens (tertiary/aromatic N) is 1. The fraction of sp³-hybridized carbons (Fsp3) is 0.357. The molecule has 2 atom stereocenters. The molecule has 3 heterocycles. The summed E-state index contributed by atoms with van der Waals surface area (Å²) in [6.07, 6.45) is 4.97.